The molecule has 0 aliphatic heterocycles. The van der Waals surface area contributed by atoms with Gasteiger partial charge in [0.1, 0.15) is 6.29 Å². The summed E-state index contributed by atoms with van der Waals surface area (Å²) in [7, 11) is 0. The summed E-state index contributed by atoms with van der Waals surface area (Å²) in [6.07, 6.45) is 1.24. The van der Waals surface area contributed by atoms with Gasteiger partial charge in [0.25, 0.3) is 0 Å². The van der Waals surface area contributed by atoms with Crippen LogP contribution in [0.2, 0.25) is 0 Å². The van der Waals surface area contributed by atoms with E-state index in [-0.39, 0.29) is 0 Å². The molecule has 0 aromatic rings. The summed E-state index contributed by atoms with van der Waals surface area (Å²) in [5.41, 5.74) is 0.343. The Labute approximate surface area is 47.1 Å². The van der Waals surface area contributed by atoms with Crippen molar-refractivity contribution in [2.45, 2.75) is 0 Å². The molecule has 0 heterocycles. The molecule has 0 amide bonds. The lowest BCUT2D eigenvalue weighted by molar-refractivity contribution is -0.116. The van der Waals surface area contributed by atoms with Gasteiger partial charge in [-0.2, -0.15) is 0 Å². The highest BCUT2D eigenvalue weighted by Crippen LogP contribution is 3.06. The zero-order chi connectivity index (χ0) is 5.09. The van der Waals surface area contributed by atoms with E-state index in [4.69, 9.17) is 0 Å². The summed E-state index contributed by atoms with van der Waals surface area (Å²) in [5.74, 6) is 4.93. The molecule has 5 saturated carbocycles. The first-order chi connectivity index (χ1) is 3.93. The third kappa shape index (κ3) is 0.0748. The molecular weight excluding hydrogens is 100 g/mol. The van der Waals surface area contributed by atoms with E-state index in [0.29, 0.717) is 5.41 Å². The van der Waals surface area contributed by atoms with Crippen molar-refractivity contribution in [1.29, 1.82) is 0 Å². The van der Waals surface area contributed by atoms with Gasteiger partial charge in [-0.15, -0.1) is 0 Å². The fourth-order valence-corrected chi connectivity index (χ4v) is 3.88. The van der Waals surface area contributed by atoms with Crippen LogP contribution in [0.15, 0.2) is 0 Å². The topological polar surface area (TPSA) is 17.1 Å². The first-order valence-electron chi connectivity index (χ1n) is 3.39. The molecule has 1 nitrogen and oxygen atoms in total. The molecule has 0 saturated heterocycles. The van der Waals surface area contributed by atoms with Gasteiger partial charge in [-0.05, 0) is 29.6 Å². The standard InChI is InChI=1S/C7H6O/c8-1-7-4-2-3(4)6(7)5(2)7/h1-6H. The average molecular weight is 106 g/mol. The smallest absolute Gasteiger partial charge is 0.127 e. The zero-order valence-corrected chi connectivity index (χ0v) is 4.37. The van der Waals surface area contributed by atoms with E-state index < -0.39 is 0 Å². The molecule has 40 valence electrons. The van der Waals surface area contributed by atoms with E-state index in [1.165, 1.54) is 6.29 Å². The van der Waals surface area contributed by atoms with Gasteiger partial charge in [0, 0.05) is 5.41 Å². The minimum atomic E-state index is 0.343. The zero-order valence-electron chi connectivity index (χ0n) is 4.37. The maximum absolute atomic E-state index is 10.4. The van der Waals surface area contributed by atoms with E-state index in [1.807, 2.05) is 0 Å². The van der Waals surface area contributed by atoms with Gasteiger partial charge in [0.05, 0.1) is 0 Å². The van der Waals surface area contributed by atoms with Crippen LogP contribution in [0.1, 0.15) is 0 Å². The second kappa shape index (κ2) is 0.457. The minimum Gasteiger partial charge on any atom is -0.303 e. The van der Waals surface area contributed by atoms with E-state index in [0.717, 1.165) is 29.6 Å². The minimum absolute atomic E-state index is 0.343. The predicted molar refractivity (Wildman–Crippen MR) is 25.9 cm³/mol. The highest BCUT2D eigenvalue weighted by molar-refractivity contribution is 5.79. The van der Waals surface area contributed by atoms with Crippen molar-refractivity contribution >= 4 is 6.29 Å². The first kappa shape index (κ1) is 3.00. The molecule has 4 unspecified atom stereocenters. The van der Waals surface area contributed by atoms with Crippen LogP contribution in [0.3, 0.4) is 0 Å². The number of hydrogen-bond donors (Lipinski definition) is 0. The van der Waals surface area contributed by atoms with Crippen LogP contribution >= 0.6 is 0 Å². The SMILES string of the molecule is O=CC12C3C4C3C1C42. The molecule has 5 aliphatic rings. The van der Waals surface area contributed by atoms with Gasteiger partial charge in [-0.1, -0.05) is 0 Å². The van der Waals surface area contributed by atoms with Crippen LogP contribution in [0.4, 0.5) is 0 Å². The maximum Gasteiger partial charge on any atom is 0.127 e. The highest BCUT2D eigenvalue weighted by Gasteiger charge is 3.06. The lowest BCUT2D eigenvalue weighted by Gasteiger charge is -2.18. The summed E-state index contributed by atoms with van der Waals surface area (Å²) in [6, 6.07) is 0. The van der Waals surface area contributed by atoms with Crippen LogP contribution in [0.5, 0.6) is 0 Å². The van der Waals surface area contributed by atoms with Gasteiger partial charge in [-0.25, -0.2) is 0 Å². The number of carbonyl (C=O) groups excluding carboxylic acids is 1. The maximum atomic E-state index is 10.4. The normalized spacial score (nSPS) is 92.8. The Morgan fingerprint density at radius 3 is 2.00 bits per heavy atom. The molecule has 0 radical (unpaired) electrons. The molecule has 0 spiro atoms. The van der Waals surface area contributed by atoms with Crippen molar-refractivity contribution in [3.8, 4) is 0 Å². The Morgan fingerprint density at radius 2 is 1.75 bits per heavy atom. The summed E-state index contributed by atoms with van der Waals surface area (Å²) in [4.78, 5) is 10.4. The molecule has 1 heteroatoms. The molecule has 0 bridgehead atoms. The molecule has 5 aliphatic carbocycles. The quantitative estimate of drug-likeness (QED) is 0.439. The van der Waals surface area contributed by atoms with Crippen molar-refractivity contribution in [1.82, 2.24) is 0 Å². The number of rotatable bonds is 1. The van der Waals surface area contributed by atoms with Crippen molar-refractivity contribution < 1.29 is 4.79 Å². The number of carbonyl (C=O) groups is 1. The fraction of sp³-hybridized carbons (Fsp3) is 0.857. The van der Waals surface area contributed by atoms with Gasteiger partial charge >= 0.3 is 0 Å². The Bertz CT molecular complexity index is 191. The van der Waals surface area contributed by atoms with Gasteiger partial charge in [0.2, 0.25) is 0 Å². The Hall–Kier alpha value is -0.330. The van der Waals surface area contributed by atoms with Gasteiger partial charge < -0.3 is 4.79 Å². The Balaban J connectivity index is 2.03. The van der Waals surface area contributed by atoms with Crippen molar-refractivity contribution in [3.05, 3.63) is 0 Å². The third-order valence-corrected chi connectivity index (χ3v) is 4.18. The van der Waals surface area contributed by atoms with E-state index in [2.05, 4.69) is 0 Å². The van der Waals surface area contributed by atoms with Crippen LogP contribution in [-0.2, 0) is 4.79 Å². The fourth-order valence-electron chi connectivity index (χ4n) is 3.88. The summed E-state index contributed by atoms with van der Waals surface area (Å²) < 4.78 is 0. The molecule has 0 N–H and O–H groups in total. The predicted octanol–water partition coefficient (Wildman–Crippen LogP) is 0.307. The van der Waals surface area contributed by atoms with Gasteiger partial charge in [-0.3, -0.25) is 0 Å². The lowest BCUT2D eigenvalue weighted by Crippen LogP contribution is -2.22. The number of hydrogen-bond acceptors (Lipinski definition) is 1. The highest BCUT2D eigenvalue weighted by atomic mass is 16.1. The van der Waals surface area contributed by atoms with Crippen LogP contribution in [0, 0.1) is 35.0 Å². The average Bonchev–Trinajstić information content (AvgIpc) is 2.12. The molecule has 0 aromatic carbocycles. The molecule has 5 rings (SSSR count). The molecular formula is C7H6O. The van der Waals surface area contributed by atoms with E-state index in [9.17, 15) is 4.79 Å². The molecule has 0 aromatic heterocycles. The van der Waals surface area contributed by atoms with E-state index in [1.54, 1.807) is 0 Å². The second-order valence-corrected chi connectivity index (χ2v) is 3.85. The first-order valence-corrected chi connectivity index (χ1v) is 3.39. The lowest BCUT2D eigenvalue weighted by atomic mass is 9.83. The van der Waals surface area contributed by atoms with Gasteiger partial charge in [0.15, 0.2) is 0 Å². The summed E-state index contributed by atoms with van der Waals surface area (Å²) in [5, 5.41) is 0. The third-order valence-electron chi connectivity index (χ3n) is 4.18. The van der Waals surface area contributed by atoms with Crippen molar-refractivity contribution in [3.63, 3.8) is 0 Å². The Morgan fingerprint density at radius 1 is 1.12 bits per heavy atom. The largest absolute Gasteiger partial charge is 0.303 e. The summed E-state index contributed by atoms with van der Waals surface area (Å²) >= 11 is 0. The molecule has 5 fully saturated rings. The van der Waals surface area contributed by atoms with Crippen LogP contribution in [0.25, 0.3) is 0 Å². The van der Waals surface area contributed by atoms with Crippen molar-refractivity contribution in [2.75, 3.05) is 0 Å². The van der Waals surface area contributed by atoms with Crippen molar-refractivity contribution in [2.24, 2.45) is 35.0 Å². The second-order valence-electron chi connectivity index (χ2n) is 3.85. The van der Waals surface area contributed by atoms with E-state index >= 15 is 0 Å². The monoisotopic (exact) mass is 106 g/mol. The molecule has 4 atom stereocenters. The summed E-state index contributed by atoms with van der Waals surface area (Å²) in [6.45, 7) is 0. The molecule has 8 heavy (non-hydrogen) atoms. The van der Waals surface area contributed by atoms with Crippen LogP contribution in [-0.4, -0.2) is 6.29 Å². The van der Waals surface area contributed by atoms with Crippen LogP contribution < -0.4 is 0 Å². The number of aldehydes is 1. The Kier molecular flexibility index (Phi) is 0.171.